The second-order valence-electron chi connectivity index (χ2n) is 26.6. The standard InChI is InChI=1S/C93H144O17P2/c1-5-9-13-17-21-25-29-33-37-40-43-46-50-53-57-61-65-69-73-77-90(95)103-83-88(109-92(97)79-75-71-67-63-59-55-49-36-32-28-24-20-16-12-8-4)85-107-111(99,100)105-81-87(94)82-106-112(101,102)108-86-89(110-93(98)80-76-72-68-64-60-56-52-48-45-42-39-35-31-27-23-19-15-11-7-3)84-104-91(96)78-74-70-66-62-58-54-51-47-44-41-38-34-30-26-22-18-14-10-6-2/h9-10,12-14,16,21-28,33-39,43-49,53-54,57-59,63,65,69,71,75,87-89,94H,5-8,11,15,17-20,29-32,40-42,50-52,55-56,60-62,64,66-68,70,72-74,76-86H2,1-4H3,(H,99,100)(H,101,102)/b13-9-,14-10-,16-12-,25-21-,26-22-,27-23-,28-24-,37-33-,38-34-,39-35-,46-43-,47-44-,48-45-,49-36-,57-53-,58-54-,63-59-,69-65-,75-71-. The third kappa shape index (κ3) is 81.1. The maximum Gasteiger partial charge on any atom is 0.472 e. The van der Waals surface area contributed by atoms with Gasteiger partial charge in [0.25, 0.3) is 0 Å². The van der Waals surface area contributed by atoms with Gasteiger partial charge in [-0.1, -0.05) is 304 Å². The Kier molecular flexibility index (Phi) is 77.1. The van der Waals surface area contributed by atoms with Gasteiger partial charge < -0.3 is 33.8 Å². The first-order valence-electron chi connectivity index (χ1n) is 41.6. The average Bonchev–Trinajstić information content (AvgIpc) is 0.898. The summed E-state index contributed by atoms with van der Waals surface area (Å²) in [7, 11) is -10.1. The number of carbonyl (C=O) groups is 4. The van der Waals surface area contributed by atoms with Gasteiger partial charge in [-0.25, -0.2) is 9.13 Å². The Morgan fingerprint density at radius 3 is 0.857 bits per heavy atom. The molecule has 0 bridgehead atoms. The topological polar surface area (TPSA) is 237 Å². The van der Waals surface area contributed by atoms with E-state index in [0.29, 0.717) is 32.1 Å². The van der Waals surface area contributed by atoms with E-state index in [4.69, 9.17) is 37.0 Å². The van der Waals surface area contributed by atoms with Crippen molar-refractivity contribution in [3.8, 4) is 0 Å². The molecule has 0 saturated carbocycles. The fourth-order valence-electron chi connectivity index (χ4n) is 9.94. The molecule has 5 atom stereocenters. The number of esters is 4. The molecule has 0 heterocycles. The lowest BCUT2D eigenvalue weighted by atomic mass is 10.1. The summed E-state index contributed by atoms with van der Waals surface area (Å²) in [5.41, 5.74) is 0. The Labute approximate surface area is 676 Å². The van der Waals surface area contributed by atoms with Crippen LogP contribution in [0.2, 0.25) is 0 Å². The average molecular weight is 1600 g/mol. The second kappa shape index (κ2) is 82.1. The molecule has 17 nitrogen and oxygen atoms in total. The van der Waals surface area contributed by atoms with Crippen molar-refractivity contribution in [1.29, 1.82) is 0 Å². The Balaban J connectivity index is 5.58. The lowest BCUT2D eigenvalue weighted by Gasteiger charge is -2.21. The maximum atomic E-state index is 13.1. The van der Waals surface area contributed by atoms with Crippen LogP contribution in [0.25, 0.3) is 0 Å². The van der Waals surface area contributed by atoms with Crippen molar-refractivity contribution >= 4 is 39.5 Å². The zero-order valence-corrected chi connectivity index (χ0v) is 70.5. The van der Waals surface area contributed by atoms with Gasteiger partial charge in [-0.05, 0) is 173 Å². The summed E-state index contributed by atoms with van der Waals surface area (Å²) < 4.78 is 68.5. The number of ether oxygens (including phenoxy) is 4. The van der Waals surface area contributed by atoms with Gasteiger partial charge in [0.15, 0.2) is 12.2 Å². The highest BCUT2D eigenvalue weighted by molar-refractivity contribution is 7.47. The van der Waals surface area contributed by atoms with Crippen LogP contribution in [0, 0.1) is 0 Å². The molecule has 0 aliphatic heterocycles. The molecule has 0 amide bonds. The number of allylic oxidation sites excluding steroid dienone is 37. The molecular weight excluding hydrogens is 1450 g/mol. The van der Waals surface area contributed by atoms with Gasteiger partial charge in [0.2, 0.25) is 0 Å². The summed E-state index contributed by atoms with van der Waals surface area (Å²) in [6.07, 6.45) is 106. The monoisotopic (exact) mass is 1590 g/mol. The van der Waals surface area contributed by atoms with Crippen LogP contribution in [0.1, 0.15) is 272 Å². The number of phosphoric ester groups is 2. The van der Waals surface area contributed by atoms with Gasteiger partial charge in [0.1, 0.15) is 19.3 Å². The number of hydrogen-bond acceptors (Lipinski definition) is 15. The molecule has 0 fully saturated rings. The maximum absolute atomic E-state index is 13.1. The van der Waals surface area contributed by atoms with Crippen LogP contribution in [0.4, 0.5) is 0 Å². The molecule has 0 spiro atoms. The summed E-state index contributed by atoms with van der Waals surface area (Å²) in [4.78, 5) is 73.1. The molecular formula is C93H144O17P2. The predicted octanol–water partition coefficient (Wildman–Crippen LogP) is 25.0. The molecule has 19 heteroatoms. The summed E-state index contributed by atoms with van der Waals surface area (Å²) in [6.45, 7) is 4.22. The van der Waals surface area contributed by atoms with Crippen molar-refractivity contribution in [3.63, 3.8) is 0 Å². The number of carbonyl (C=O) groups excluding carboxylic acids is 4. The number of phosphoric acid groups is 2. The third-order valence-corrected chi connectivity index (χ3v) is 18.0. The van der Waals surface area contributed by atoms with E-state index >= 15 is 0 Å². The molecule has 5 unspecified atom stereocenters. The van der Waals surface area contributed by atoms with Crippen LogP contribution in [0.15, 0.2) is 231 Å². The molecule has 628 valence electrons. The molecule has 0 aromatic heterocycles. The molecule has 0 saturated heterocycles. The van der Waals surface area contributed by atoms with Crippen LogP contribution in [-0.4, -0.2) is 96.7 Å². The van der Waals surface area contributed by atoms with E-state index in [0.717, 1.165) is 167 Å². The van der Waals surface area contributed by atoms with E-state index in [2.05, 4.69) is 216 Å². The Hall–Kier alpha value is -6.88. The lowest BCUT2D eigenvalue weighted by Crippen LogP contribution is -2.30. The molecule has 0 rings (SSSR count). The molecule has 0 aromatic carbocycles. The molecule has 112 heavy (non-hydrogen) atoms. The molecule has 3 N–H and O–H groups in total. The SMILES string of the molecule is CC/C=C\C/C=C\C/C=C\C/C=C\C/C=C\C/C=C\CCC(=O)OCC(COP(=O)(O)OCC(O)COP(=O)(O)OCC(COC(=O)CCCCC/C=C\C/C=C\C/C=C\C/C=C\C/C=C\CC)OC(=O)CCCCCCCC/C=C\C/C=C\C/C=C\CCCCC)OC(=O)C/C=C\C/C=C\C/C=C\C/C=C\C/C=C\CC. The van der Waals surface area contributed by atoms with Gasteiger partial charge in [-0.2, -0.15) is 0 Å². The van der Waals surface area contributed by atoms with E-state index in [1.807, 2.05) is 30.4 Å². The first kappa shape index (κ1) is 105. The number of rotatable bonds is 75. The quantitative estimate of drug-likeness (QED) is 0.0169. The third-order valence-electron chi connectivity index (χ3n) is 16.1. The Morgan fingerprint density at radius 1 is 0.268 bits per heavy atom. The van der Waals surface area contributed by atoms with Crippen LogP contribution in [0.3, 0.4) is 0 Å². The van der Waals surface area contributed by atoms with Crippen molar-refractivity contribution in [3.05, 3.63) is 231 Å². The first-order valence-corrected chi connectivity index (χ1v) is 44.6. The van der Waals surface area contributed by atoms with Crippen LogP contribution in [0.5, 0.6) is 0 Å². The summed E-state index contributed by atoms with van der Waals surface area (Å²) in [6, 6.07) is 0. The van der Waals surface area contributed by atoms with Gasteiger partial charge in [-0.3, -0.25) is 37.3 Å². The second-order valence-corrected chi connectivity index (χ2v) is 29.5. The zero-order chi connectivity index (χ0) is 81.7. The van der Waals surface area contributed by atoms with E-state index in [-0.39, 0.29) is 25.7 Å². The van der Waals surface area contributed by atoms with Crippen molar-refractivity contribution in [2.75, 3.05) is 39.6 Å². The van der Waals surface area contributed by atoms with Crippen molar-refractivity contribution < 1.29 is 80.2 Å². The fraction of sp³-hybridized carbons (Fsp3) is 0.548. The number of hydrogen-bond donors (Lipinski definition) is 3. The Bertz CT molecular complexity index is 3040. The molecule has 0 radical (unpaired) electrons. The van der Waals surface area contributed by atoms with Crippen LogP contribution < -0.4 is 0 Å². The normalized spacial score (nSPS) is 15.0. The highest BCUT2D eigenvalue weighted by atomic mass is 31.2. The van der Waals surface area contributed by atoms with Crippen molar-refractivity contribution in [2.24, 2.45) is 0 Å². The fourth-order valence-corrected chi connectivity index (χ4v) is 11.5. The highest BCUT2D eigenvalue weighted by Crippen LogP contribution is 2.45. The minimum absolute atomic E-state index is 0.00576. The van der Waals surface area contributed by atoms with Gasteiger partial charge in [0.05, 0.1) is 32.8 Å². The van der Waals surface area contributed by atoms with Gasteiger partial charge in [0, 0.05) is 19.3 Å². The zero-order valence-electron chi connectivity index (χ0n) is 68.7. The minimum Gasteiger partial charge on any atom is -0.462 e. The highest BCUT2D eigenvalue weighted by Gasteiger charge is 2.30. The van der Waals surface area contributed by atoms with E-state index in [1.165, 1.54) is 19.3 Å². The molecule has 0 aromatic rings. The summed E-state index contributed by atoms with van der Waals surface area (Å²) in [5, 5.41) is 10.7. The van der Waals surface area contributed by atoms with E-state index in [9.17, 15) is 43.2 Å². The van der Waals surface area contributed by atoms with Crippen molar-refractivity contribution in [1.82, 2.24) is 0 Å². The number of unbranched alkanes of at least 4 members (excludes halogenated alkanes) is 12. The number of aliphatic hydroxyl groups excluding tert-OH is 1. The van der Waals surface area contributed by atoms with Gasteiger partial charge in [-0.15, -0.1) is 0 Å². The first-order chi connectivity index (χ1) is 54.7. The summed E-state index contributed by atoms with van der Waals surface area (Å²) >= 11 is 0. The molecule has 0 aliphatic carbocycles. The largest absolute Gasteiger partial charge is 0.472 e. The summed E-state index contributed by atoms with van der Waals surface area (Å²) in [5.74, 6) is -2.50. The van der Waals surface area contributed by atoms with Crippen molar-refractivity contribution in [2.45, 2.75) is 290 Å². The smallest absolute Gasteiger partial charge is 0.462 e. The number of aliphatic hydroxyl groups is 1. The minimum atomic E-state index is -5.04. The lowest BCUT2D eigenvalue weighted by molar-refractivity contribution is -0.161. The van der Waals surface area contributed by atoms with Crippen LogP contribution >= 0.6 is 15.6 Å². The van der Waals surface area contributed by atoms with Gasteiger partial charge >= 0.3 is 39.5 Å². The predicted molar refractivity (Wildman–Crippen MR) is 463 cm³/mol. The van der Waals surface area contributed by atoms with E-state index in [1.54, 1.807) is 12.2 Å². The van der Waals surface area contributed by atoms with Crippen LogP contribution in [-0.2, 0) is 65.4 Å². The molecule has 0 aliphatic rings. The van der Waals surface area contributed by atoms with E-state index < -0.39 is 97.5 Å². The Morgan fingerprint density at radius 2 is 0.518 bits per heavy atom.